The Morgan fingerprint density at radius 2 is 2.12 bits per heavy atom. The quantitative estimate of drug-likeness (QED) is 0.886. The van der Waals surface area contributed by atoms with Gasteiger partial charge in [-0.25, -0.2) is 4.98 Å². The molecule has 17 heavy (non-hydrogen) atoms. The summed E-state index contributed by atoms with van der Waals surface area (Å²) in [6.45, 7) is 1.94. The fourth-order valence-electron chi connectivity index (χ4n) is 1.09. The number of aromatic nitrogens is 1. The van der Waals surface area contributed by atoms with Crippen LogP contribution in [0.3, 0.4) is 0 Å². The number of carbonyl (C=O) groups excluding carboxylic acids is 1. The first-order valence-corrected chi connectivity index (χ1v) is 4.87. The zero-order valence-electron chi connectivity index (χ0n) is 9.04. The van der Waals surface area contributed by atoms with Gasteiger partial charge in [-0.05, 0) is 18.6 Å². The maximum atomic E-state index is 12.4. The van der Waals surface area contributed by atoms with Crippen molar-refractivity contribution in [1.29, 1.82) is 0 Å². The molecule has 0 bridgehead atoms. The summed E-state index contributed by atoms with van der Waals surface area (Å²) < 4.78 is 42.1. The predicted octanol–water partition coefficient (Wildman–Crippen LogP) is 1.99. The number of primary amides is 1. The molecular formula is C10H11F3N2O2. The summed E-state index contributed by atoms with van der Waals surface area (Å²) in [5.41, 5.74) is 3.73. The van der Waals surface area contributed by atoms with E-state index in [1.807, 2.05) is 0 Å². The number of carbonyl (C=O) groups is 1. The van der Waals surface area contributed by atoms with E-state index in [0.717, 1.165) is 6.07 Å². The summed E-state index contributed by atoms with van der Waals surface area (Å²) in [6, 6.07) is 1.65. The van der Waals surface area contributed by atoms with Gasteiger partial charge < -0.3 is 10.5 Å². The second kappa shape index (κ2) is 5.03. The van der Waals surface area contributed by atoms with E-state index in [9.17, 15) is 18.0 Å². The number of halogens is 3. The molecule has 0 fully saturated rings. The molecule has 1 amide bonds. The molecule has 1 rings (SSSR count). The Morgan fingerprint density at radius 1 is 1.47 bits per heavy atom. The molecule has 4 nitrogen and oxygen atoms in total. The van der Waals surface area contributed by atoms with Gasteiger partial charge in [0.15, 0.2) is 0 Å². The molecule has 0 atom stereocenters. The van der Waals surface area contributed by atoms with Crippen molar-refractivity contribution < 1.29 is 22.7 Å². The van der Waals surface area contributed by atoms with Crippen LogP contribution in [0.25, 0.3) is 0 Å². The van der Waals surface area contributed by atoms with Crippen molar-refractivity contribution >= 4 is 5.91 Å². The largest absolute Gasteiger partial charge is 0.477 e. The van der Waals surface area contributed by atoms with E-state index in [0.29, 0.717) is 12.5 Å². The van der Waals surface area contributed by atoms with Crippen molar-refractivity contribution in [1.82, 2.24) is 4.98 Å². The molecule has 0 aromatic carbocycles. The lowest BCUT2D eigenvalue weighted by Crippen LogP contribution is -2.17. The average Bonchev–Trinajstić information content (AvgIpc) is 2.24. The van der Waals surface area contributed by atoms with Crippen LogP contribution in [-0.4, -0.2) is 17.5 Å². The smallest absolute Gasteiger partial charge is 0.433 e. The summed E-state index contributed by atoms with van der Waals surface area (Å²) >= 11 is 0. The minimum Gasteiger partial charge on any atom is -0.477 e. The number of rotatable bonds is 4. The van der Waals surface area contributed by atoms with Gasteiger partial charge in [0.2, 0.25) is 5.88 Å². The van der Waals surface area contributed by atoms with Crippen LogP contribution in [-0.2, 0) is 6.18 Å². The molecule has 0 aliphatic rings. The van der Waals surface area contributed by atoms with Crippen LogP contribution in [0.15, 0.2) is 12.1 Å². The van der Waals surface area contributed by atoms with E-state index in [2.05, 4.69) is 4.98 Å². The molecule has 1 aromatic rings. The Kier molecular flexibility index (Phi) is 3.93. The van der Waals surface area contributed by atoms with E-state index in [1.165, 1.54) is 0 Å². The van der Waals surface area contributed by atoms with E-state index in [4.69, 9.17) is 10.5 Å². The van der Waals surface area contributed by atoms with Gasteiger partial charge in [-0.3, -0.25) is 4.79 Å². The van der Waals surface area contributed by atoms with Crippen LogP contribution in [0.2, 0.25) is 0 Å². The number of amides is 1. The summed E-state index contributed by atoms with van der Waals surface area (Å²) in [5, 5.41) is 0. The lowest BCUT2D eigenvalue weighted by atomic mass is 10.2. The van der Waals surface area contributed by atoms with Gasteiger partial charge in [0.25, 0.3) is 5.91 Å². The highest BCUT2D eigenvalue weighted by molar-refractivity contribution is 5.95. The molecule has 1 aromatic heterocycles. The van der Waals surface area contributed by atoms with Crippen molar-refractivity contribution in [3.05, 3.63) is 23.4 Å². The molecule has 1 heterocycles. The third-order valence-electron chi connectivity index (χ3n) is 1.86. The maximum absolute atomic E-state index is 12.4. The Balaban J connectivity index is 3.14. The summed E-state index contributed by atoms with van der Waals surface area (Å²) in [5.74, 6) is -1.26. The SMILES string of the molecule is CCCOc1nc(C(F)(F)F)ccc1C(N)=O. The van der Waals surface area contributed by atoms with E-state index in [1.54, 1.807) is 6.92 Å². The third-order valence-corrected chi connectivity index (χ3v) is 1.86. The topological polar surface area (TPSA) is 65.2 Å². The highest BCUT2D eigenvalue weighted by atomic mass is 19.4. The van der Waals surface area contributed by atoms with Crippen LogP contribution >= 0.6 is 0 Å². The van der Waals surface area contributed by atoms with E-state index < -0.39 is 17.8 Å². The second-order valence-electron chi connectivity index (χ2n) is 3.26. The standard InChI is InChI=1S/C10H11F3N2O2/c1-2-5-17-9-6(8(14)16)3-4-7(15-9)10(11,12)13/h3-4H,2,5H2,1H3,(H2,14,16). The fraction of sp³-hybridized carbons (Fsp3) is 0.400. The zero-order chi connectivity index (χ0) is 13.1. The first kappa shape index (κ1) is 13.3. The molecule has 7 heteroatoms. The lowest BCUT2D eigenvalue weighted by molar-refractivity contribution is -0.141. The number of nitrogens with two attached hydrogens (primary N) is 1. The second-order valence-corrected chi connectivity index (χ2v) is 3.26. The molecule has 0 unspecified atom stereocenters. The predicted molar refractivity (Wildman–Crippen MR) is 53.5 cm³/mol. The van der Waals surface area contributed by atoms with Gasteiger partial charge in [0.1, 0.15) is 11.3 Å². The number of hydrogen-bond donors (Lipinski definition) is 1. The minimum absolute atomic E-state index is 0.161. The molecule has 0 aliphatic heterocycles. The van der Waals surface area contributed by atoms with Crippen molar-refractivity contribution in [3.8, 4) is 5.88 Å². The van der Waals surface area contributed by atoms with Gasteiger partial charge in [-0.2, -0.15) is 13.2 Å². The number of nitrogens with zero attached hydrogens (tertiary/aromatic N) is 1. The molecule has 0 saturated carbocycles. The van der Waals surface area contributed by atoms with Crippen molar-refractivity contribution in [2.24, 2.45) is 5.73 Å². The third kappa shape index (κ3) is 3.33. The number of pyridine rings is 1. The first-order valence-electron chi connectivity index (χ1n) is 4.87. The Hall–Kier alpha value is -1.79. The first-order chi connectivity index (χ1) is 7.86. The number of ether oxygens (including phenoxy) is 1. The van der Waals surface area contributed by atoms with Gasteiger partial charge in [-0.15, -0.1) is 0 Å². The molecule has 2 N–H and O–H groups in total. The van der Waals surface area contributed by atoms with Gasteiger partial charge in [0, 0.05) is 0 Å². The van der Waals surface area contributed by atoms with Gasteiger partial charge >= 0.3 is 6.18 Å². The number of alkyl halides is 3. The highest BCUT2D eigenvalue weighted by Gasteiger charge is 2.33. The lowest BCUT2D eigenvalue weighted by Gasteiger charge is -2.11. The molecule has 0 aliphatic carbocycles. The van der Waals surface area contributed by atoms with Crippen molar-refractivity contribution in [2.75, 3.05) is 6.61 Å². The van der Waals surface area contributed by atoms with Crippen LogP contribution in [0.4, 0.5) is 13.2 Å². The van der Waals surface area contributed by atoms with E-state index in [-0.39, 0.29) is 18.1 Å². The Bertz CT molecular complexity index is 419. The fourth-order valence-corrected chi connectivity index (χ4v) is 1.09. The monoisotopic (exact) mass is 248 g/mol. The maximum Gasteiger partial charge on any atom is 0.433 e. The Labute approximate surface area is 95.6 Å². The summed E-state index contributed by atoms with van der Waals surface area (Å²) in [6.07, 6.45) is -4.00. The number of hydrogen-bond acceptors (Lipinski definition) is 3. The van der Waals surface area contributed by atoms with E-state index >= 15 is 0 Å². The summed E-state index contributed by atoms with van der Waals surface area (Å²) in [7, 11) is 0. The minimum atomic E-state index is -4.58. The average molecular weight is 248 g/mol. The van der Waals surface area contributed by atoms with Crippen LogP contribution in [0.1, 0.15) is 29.4 Å². The van der Waals surface area contributed by atoms with Crippen LogP contribution in [0, 0.1) is 0 Å². The Morgan fingerprint density at radius 3 is 2.59 bits per heavy atom. The van der Waals surface area contributed by atoms with Crippen LogP contribution < -0.4 is 10.5 Å². The van der Waals surface area contributed by atoms with Gasteiger partial charge in [0.05, 0.1) is 6.61 Å². The van der Waals surface area contributed by atoms with Crippen molar-refractivity contribution in [2.45, 2.75) is 19.5 Å². The van der Waals surface area contributed by atoms with Crippen molar-refractivity contribution in [3.63, 3.8) is 0 Å². The molecular weight excluding hydrogens is 237 g/mol. The normalized spacial score (nSPS) is 11.3. The molecule has 94 valence electrons. The van der Waals surface area contributed by atoms with Crippen LogP contribution in [0.5, 0.6) is 5.88 Å². The zero-order valence-corrected chi connectivity index (χ0v) is 9.04. The molecule has 0 saturated heterocycles. The molecule has 0 radical (unpaired) electrons. The highest BCUT2D eigenvalue weighted by Crippen LogP contribution is 2.30. The molecule has 0 spiro atoms. The summed E-state index contributed by atoms with van der Waals surface area (Å²) in [4.78, 5) is 14.2. The van der Waals surface area contributed by atoms with Gasteiger partial charge in [-0.1, -0.05) is 6.92 Å².